The number of aromatic nitrogens is 1. The molecule has 0 saturated carbocycles. The van der Waals surface area contributed by atoms with Crippen molar-refractivity contribution in [1.29, 1.82) is 0 Å². The lowest BCUT2D eigenvalue weighted by molar-refractivity contribution is -0.173. The van der Waals surface area contributed by atoms with Gasteiger partial charge in [0.1, 0.15) is 22.6 Å². The number of amides is 1. The first-order chi connectivity index (χ1) is 20.9. The molecule has 1 amide bonds. The average molecular weight is 727 g/mol. The molecule has 14 heteroatoms. The maximum absolute atomic E-state index is 13.4. The molecule has 1 fully saturated rings. The Labute approximate surface area is 268 Å². The Kier molecular flexibility index (Phi) is 12.7. The largest absolute Gasteiger partial charge is 0.493 e. The summed E-state index contributed by atoms with van der Waals surface area (Å²) in [5.74, 6) is -5.13. The molecule has 1 aliphatic heterocycles. The monoisotopic (exact) mass is 726 g/mol. The molecular weight excluding hydrogens is 691 g/mol. The van der Waals surface area contributed by atoms with Gasteiger partial charge in [-0.15, -0.1) is 0 Å². The van der Waals surface area contributed by atoms with E-state index in [1.54, 1.807) is 32.9 Å². The molecule has 1 unspecified atom stereocenters. The van der Waals surface area contributed by atoms with Crippen molar-refractivity contribution in [3.63, 3.8) is 0 Å². The second kappa shape index (κ2) is 16.2. The quantitative estimate of drug-likeness (QED) is 0.119. The molecule has 2 aromatic rings. The Morgan fingerprint density at radius 2 is 1.77 bits per heavy atom. The first-order valence-corrected chi connectivity index (χ1v) is 15.1. The van der Waals surface area contributed by atoms with Crippen molar-refractivity contribution < 1.29 is 52.4 Å². The van der Waals surface area contributed by atoms with E-state index in [1.165, 1.54) is 26.3 Å². The number of halogens is 1. The van der Waals surface area contributed by atoms with Crippen LogP contribution in [-0.4, -0.2) is 77.5 Å². The molecular formula is C30H35IN2O11. The van der Waals surface area contributed by atoms with Gasteiger partial charge in [-0.3, -0.25) is 19.2 Å². The first kappa shape index (κ1) is 34.5. The van der Waals surface area contributed by atoms with Crippen LogP contribution in [0, 0.1) is 11.8 Å². The second-order valence-corrected chi connectivity index (χ2v) is 12.1. The number of rotatable bonds is 11. The maximum atomic E-state index is 13.4. The molecule has 2 heterocycles. The van der Waals surface area contributed by atoms with E-state index < -0.39 is 77.2 Å². The van der Waals surface area contributed by atoms with Crippen LogP contribution >= 0.6 is 22.6 Å². The third-order valence-corrected chi connectivity index (χ3v) is 7.01. The zero-order valence-corrected chi connectivity index (χ0v) is 27.1. The second-order valence-electron chi connectivity index (χ2n) is 10.2. The summed E-state index contributed by atoms with van der Waals surface area (Å²) < 4.78 is 32.1. The van der Waals surface area contributed by atoms with Crippen LogP contribution < -0.4 is 14.8 Å². The number of hydrogen-bond acceptors (Lipinski definition) is 12. The zero-order valence-electron chi connectivity index (χ0n) is 24.9. The summed E-state index contributed by atoms with van der Waals surface area (Å²) >= 11 is 1.88. The lowest BCUT2D eigenvalue weighted by Gasteiger charge is -2.29. The molecule has 0 aliphatic carbocycles. The predicted octanol–water partition coefficient (Wildman–Crippen LogP) is 2.81. The molecule has 0 spiro atoms. The molecule has 0 bridgehead atoms. The Morgan fingerprint density at radius 1 is 1.07 bits per heavy atom. The molecule has 238 valence electrons. The topological polar surface area (TPSA) is 166 Å². The van der Waals surface area contributed by atoms with Gasteiger partial charge in [0.15, 0.2) is 29.3 Å². The minimum Gasteiger partial charge on any atom is -0.493 e. The van der Waals surface area contributed by atoms with Gasteiger partial charge in [0.05, 0.1) is 13.0 Å². The highest BCUT2D eigenvalue weighted by Crippen LogP contribution is 2.30. The van der Waals surface area contributed by atoms with Crippen LogP contribution in [0.15, 0.2) is 42.6 Å². The van der Waals surface area contributed by atoms with Gasteiger partial charge in [-0.2, -0.15) is 0 Å². The van der Waals surface area contributed by atoms with Crippen molar-refractivity contribution in [2.24, 2.45) is 11.8 Å². The molecule has 3 rings (SSSR count). The molecule has 1 saturated heterocycles. The Hall–Kier alpha value is -3.95. The highest BCUT2D eigenvalue weighted by molar-refractivity contribution is 14.1. The highest BCUT2D eigenvalue weighted by atomic mass is 127. The van der Waals surface area contributed by atoms with Gasteiger partial charge in [0, 0.05) is 12.3 Å². The fourth-order valence-corrected chi connectivity index (χ4v) is 4.29. The van der Waals surface area contributed by atoms with E-state index in [1.807, 2.05) is 40.8 Å². The van der Waals surface area contributed by atoms with Crippen LogP contribution in [-0.2, 0) is 44.5 Å². The van der Waals surface area contributed by atoms with Crippen molar-refractivity contribution in [1.82, 2.24) is 10.3 Å². The van der Waals surface area contributed by atoms with E-state index in [-0.39, 0.29) is 23.6 Å². The lowest BCUT2D eigenvalue weighted by Crippen LogP contribution is -2.47. The predicted molar refractivity (Wildman–Crippen MR) is 162 cm³/mol. The summed E-state index contributed by atoms with van der Waals surface area (Å²) in [6.07, 6.45) is -0.822. The van der Waals surface area contributed by atoms with Gasteiger partial charge in [0.25, 0.3) is 5.91 Å². The summed E-state index contributed by atoms with van der Waals surface area (Å²) in [4.78, 5) is 68.5. The Bertz CT molecular complexity index is 1340. The number of nitrogens with one attached hydrogen (secondary N) is 1. The smallest absolute Gasteiger partial charge is 0.332 e. The van der Waals surface area contributed by atoms with Crippen LogP contribution in [0.4, 0.5) is 0 Å². The zero-order chi connectivity index (χ0) is 32.4. The van der Waals surface area contributed by atoms with E-state index in [9.17, 15) is 24.0 Å². The Morgan fingerprint density at radius 3 is 2.41 bits per heavy atom. The lowest BCUT2D eigenvalue weighted by atomic mass is 9.91. The van der Waals surface area contributed by atoms with E-state index in [0.29, 0.717) is 0 Å². The Balaban J connectivity index is 1.85. The van der Waals surface area contributed by atoms with E-state index >= 15 is 0 Å². The molecule has 44 heavy (non-hydrogen) atoms. The number of pyridine rings is 1. The summed E-state index contributed by atoms with van der Waals surface area (Å²) in [6.45, 7) is 5.32. The van der Waals surface area contributed by atoms with E-state index in [2.05, 4.69) is 10.3 Å². The molecule has 1 N–H and O–H groups in total. The van der Waals surface area contributed by atoms with Gasteiger partial charge in [-0.05, 0) is 25.8 Å². The number of benzene rings is 1. The number of nitrogens with zero attached hydrogens (tertiary/aromatic N) is 1. The first-order valence-electron chi connectivity index (χ1n) is 13.8. The standard InChI is InChI=1S/C30H35IN2O11/c1-16(2)27(35)42-15-41-25-22(39-5)11-12-32-23(25)26(34)33-21-14-40-29(37)20(13-19-9-7-6-8-10-19)24(18(4)43-30(21)38)44-28(36)17(3)31/h6-12,16-18,20-21,24H,13-15H2,1-5H3,(H,33,34)/t17?,18-,20+,21-,24-/m0/s1. The van der Waals surface area contributed by atoms with Crippen LogP contribution in [0.1, 0.15) is 43.7 Å². The van der Waals surface area contributed by atoms with Crippen LogP contribution in [0.2, 0.25) is 0 Å². The normalized spacial score (nSPS) is 21.0. The summed E-state index contributed by atoms with van der Waals surface area (Å²) in [7, 11) is 1.34. The number of alkyl halides is 1. The SMILES string of the molecule is COc1ccnc(C(=O)N[C@H]2COC(=O)[C@H](Cc3ccccc3)[C@@H](OC(=O)C(C)I)[C@H](C)OC2=O)c1OCOC(=O)C(C)C. The van der Waals surface area contributed by atoms with Crippen molar-refractivity contribution >= 4 is 52.4 Å². The fourth-order valence-electron chi connectivity index (χ4n) is 4.14. The van der Waals surface area contributed by atoms with Gasteiger partial charge >= 0.3 is 23.9 Å². The van der Waals surface area contributed by atoms with Crippen molar-refractivity contribution in [2.75, 3.05) is 20.5 Å². The third kappa shape index (κ3) is 9.27. The van der Waals surface area contributed by atoms with Crippen molar-refractivity contribution in [3.05, 3.63) is 53.9 Å². The van der Waals surface area contributed by atoms with E-state index in [0.717, 1.165) is 5.56 Å². The molecule has 13 nitrogen and oxygen atoms in total. The van der Waals surface area contributed by atoms with Gasteiger partial charge in [-0.1, -0.05) is 66.8 Å². The number of ether oxygens (including phenoxy) is 6. The van der Waals surface area contributed by atoms with Gasteiger partial charge in [-0.25, -0.2) is 9.78 Å². The molecule has 1 aromatic heterocycles. The van der Waals surface area contributed by atoms with Crippen molar-refractivity contribution in [3.8, 4) is 11.5 Å². The number of esters is 4. The average Bonchev–Trinajstić information content (AvgIpc) is 3.03. The number of carbonyl (C=O) groups is 5. The van der Waals surface area contributed by atoms with Crippen LogP contribution in [0.25, 0.3) is 0 Å². The van der Waals surface area contributed by atoms with Gasteiger partial charge in [0.2, 0.25) is 6.79 Å². The van der Waals surface area contributed by atoms with Crippen LogP contribution in [0.3, 0.4) is 0 Å². The van der Waals surface area contributed by atoms with Crippen molar-refractivity contribution in [2.45, 2.75) is 56.3 Å². The summed E-state index contributed by atoms with van der Waals surface area (Å²) in [5, 5.41) is 2.46. The summed E-state index contributed by atoms with van der Waals surface area (Å²) in [6, 6.07) is 9.02. The fraction of sp³-hybridized carbons (Fsp3) is 0.467. The summed E-state index contributed by atoms with van der Waals surface area (Å²) in [5.41, 5.74) is 0.484. The molecule has 1 aromatic carbocycles. The minimum atomic E-state index is -1.45. The molecule has 0 radical (unpaired) electrons. The third-order valence-electron chi connectivity index (χ3n) is 6.50. The van der Waals surface area contributed by atoms with E-state index in [4.69, 9.17) is 28.4 Å². The molecule has 1 aliphatic rings. The molecule has 5 atom stereocenters. The van der Waals surface area contributed by atoms with Gasteiger partial charge < -0.3 is 33.7 Å². The number of cyclic esters (lactones) is 2. The number of methoxy groups -OCH3 is 1. The highest BCUT2D eigenvalue weighted by Gasteiger charge is 2.42. The maximum Gasteiger partial charge on any atom is 0.332 e. The minimum absolute atomic E-state index is 0.112. The van der Waals surface area contributed by atoms with Crippen LogP contribution in [0.5, 0.6) is 11.5 Å². The number of hydrogen-bond donors (Lipinski definition) is 1. The number of carbonyl (C=O) groups excluding carboxylic acids is 5.